The molecule has 2 aromatic carbocycles. The van der Waals surface area contributed by atoms with Crippen LogP contribution in [0.15, 0.2) is 60.7 Å². The molecular weight excluding hydrogens is 302 g/mol. The summed E-state index contributed by atoms with van der Waals surface area (Å²) >= 11 is 0. The molecule has 4 heteroatoms. The second kappa shape index (κ2) is 7.77. The van der Waals surface area contributed by atoms with Crippen LogP contribution in [-0.4, -0.2) is 17.5 Å². The van der Waals surface area contributed by atoms with Gasteiger partial charge in [0.2, 0.25) is 0 Å². The Kier molecular flexibility index (Phi) is 5.74. The van der Waals surface area contributed by atoms with Crippen LogP contribution in [0.4, 0.5) is 0 Å². The Morgan fingerprint density at radius 1 is 0.917 bits per heavy atom. The van der Waals surface area contributed by atoms with E-state index < -0.39 is 23.4 Å². The van der Waals surface area contributed by atoms with E-state index in [4.69, 9.17) is 10.5 Å². The van der Waals surface area contributed by atoms with Gasteiger partial charge in [-0.1, -0.05) is 74.5 Å². The predicted molar refractivity (Wildman–Crippen MR) is 93.3 cm³/mol. The van der Waals surface area contributed by atoms with E-state index in [9.17, 15) is 9.59 Å². The Balaban J connectivity index is 2.41. The zero-order valence-corrected chi connectivity index (χ0v) is 14.1. The number of hydrogen-bond acceptors (Lipinski definition) is 3. The second-order valence-corrected chi connectivity index (χ2v) is 5.74. The number of primary amides is 1. The van der Waals surface area contributed by atoms with Gasteiger partial charge >= 0.3 is 5.97 Å². The minimum atomic E-state index is -1.26. The highest BCUT2D eigenvalue weighted by Crippen LogP contribution is 2.30. The number of carbonyl (C=O) groups excluding carboxylic acids is 2. The van der Waals surface area contributed by atoms with Gasteiger partial charge in [-0.2, -0.15) is 0 Å². The first kappa shape index (κ1) is 17.7. The Labute approximate surface area is 142 Å². The second-order valence-electron chi connectivity index (χ2n) is 5.74. The molecule has 0 aliphatic rings. The first-order chi connectivity index (χ1) is 11.5. The third kappa shape index (κ3) is 3.65. The van der Waals surface area contributed by atoms with Gasteiger partial charge in [-0.25, -0.2) is 0 Å². The van der Waals surface area contributed by atoms with Gasteiger partial charge in [0.05, 0.1) is 0 Å². The van der Waals surface area contributed by atoms with Gasteiger partial charge in [-0.3, -0.25) is 9.59 Å². The average molecular weight is 325 g/mol. The molecule has 0 spiro atoms. The molecule has 0 atom stereocenters. The van der Waals surface area contributed by atoms with Crippen LogP contribution in [0, 0.1) is 0 Å². The van der Waals surface area contributed by atoms with Crippen molar-refractivity contribution in [2.24, 2.45) is 5.73 Å². The van der Waals surface area contributed by atoms with Gasteiger partial charge in [0.1, 0.15) is 5.92 Å². The fourth-order valence-corrected chi connectivity index (χ4v) is 2.80. The number of carbonyl (C=O) groups is 2. The zero-order valence-electron chi connectivity index (χ0n) is 14.1. The highest BCUT2D eigenvalue weighted by molar-refractivity contribution is 5.89. The SMILES string of the molecule is CCC(CC)(OC(=O)C(c1ccccc1)c1ccccc1)C(N)=O. The first-order valence-corrected chi connectivity index (χ1v) is 8.16. The molecule has 0 bridgehead atoms. The van der Waals surface area contributed by atoms with E-state index >= 15 is 0 Å². The van der Waals surface area contributed by atoms with E-state index in [0.717, 1.165) is 11.1 Å². The average Bonchev–Trinajstić information content (AvgIpc) is 2.61. The van der Waals surface area contributed by atoms with Crippen LogP contribution in [0.2, 0.25) is 0 Å². The maximum Gasteiger partial charge on any atom is 0.318 e. The van der Waals surface area contributed by atoms with Crippen LogP contribution in [-0.2, 0) is 14.3 Å². The largest absolute Gasteiger partial charge is 0.448 e. The quantitative estimate of drug-likeness (QED) is 0.793. The van der Waals surface area contributed by atoms with Crippen molar-refractivity contribution in [3.05, 3.63) is 71.8 Å². The summed E-state index contributed by atoms with van der Waals surface area (Å²) in [7, 11) is 0. The van der Waals surface area contributed by atoms with E-state index in [0.29, 0.717) is 12.8 Å². The Morgan fingerprint density at radius 2 is 1.33 bits per heavy atom. The molecule has 0 aliphatic carbocycles. The maximum absolute atomic E-state index is 13.0. The summed E-state index contributed by atoms with van der Waals surface area (Å²) < 4.78 is 5.66. The van der Waals surface area contributed by atoms with Gasteiger partial charge in [0.15, 0.2) is 5.60 Å². The molecule has 2 aromatic rings. The Morgan fingerprint density at radius 3 is 1.67 bits per heavy atom. The Hall–Kier alpha value is -2.62. The third-order valence-corrected chi connectivity index (χ3v) is 4.39. The predicted octanol–water partition coefficient (Wildman–Crippen LogP) is 3.41. The zero-order chi connectivity index (χ0) is 17.6. The van der Waals surface area contributed by atoms with Crippen molar-refractivity contribution < 1.29 is 14.3 Å². The van der Waals surface area contributed by atoms with E-state index in [1.54, 1.807) is 13.8 Å². The molecule has 4 nitrogen and oxygen atoms in total. The van der Waals surface area contributed by atoms with Gasteiger partial charge in [0.25, 0.3) is 5.91 Å². The lowest BCUT2D eigenvalue weighted by atomic mass is 9.90. The molecule has 0 saturated heterocycles. The van der Waals surface area contributed by atoms with Crippen molar-refractivity contribution in [1.82, 2.24) is 0 Å². The fourth-order valence-electron chi connectivity index (χ4n) is 2.80. The molecule has 1 amide bonds. The van der Waals surface area contributed by atoms with Gasteiger partial charge in [-0.15, -0.1) is 0 Å². The number of rotatable bonds is 7. The van der Waals surface area contributed by atoms with Crippen LogP contribution in [0.3, 0.4) is 0 Å². The minimum absolute atomic E-state index is 0.348. The van der Waals surface area contributed by atoms with Crippen molar-refractivity contribution in [2.45, 2.75) is 38.2 Å². The van der Waals surface area contributed by atoms with Crippen molar-refractivity contribution >= 4 is 11.9 Å². The number of amides is 1. The molecule has 0 radical (unpaired) electrons. The van der Waals surface area contributed by atoms with Gasteiger partial charge in [0, 0.05) is 0 Å². The topological polar surface area (TPSA) is 69.4 Å². The normalized spacial score (nSPS) is 11.3. The summed E-state index contributed by atoms with van der Waals surface area (Å²) in [5.41, 5.74) is 5.87. The molecule has 0 unspecified atom stereocenters. The monoisotopic (exact) mass is 325 g/mol. The van der Waals surface area contributed by atoms with Crippen LogP contribution in [0.1, 0.15) is 43.7 Å². The molecule has 0 aliphatic heterocycles. The minimum Gasteiger partial charge on any atom is -0.448 e. The summed E-state index contributed by atoms with van der Waals surface area (Å²) in [6, 6.07) is 18.8. The Bertz CT molecular complexity index is 639. The fraction of sp³-hybridized carbons (Fsp3) is 0.300. The summed E-state index contributed by atoms with van der Waals surface area (Å²) in [6.07, 6.45) is 0.696. The lowest BCUT2D eigenvalue weighted by Gasteiger charge is -2.30. The van der Waals surface area contributed by atoms with Crippen molar-refractivity contribution in [3.8, 4) is 0 Å². The van der Waals surface area contributed by atoms with Crippen molar-refractivity contribution in [3.63, 3.8) is 0 Å². The summed E-state index contributed by atoms with van der Waals surface area (Å²) in [5.74, 6) is -1.67. The summed E-state index contributed by atoms with van der Waals surface area (Å²) in [4.78, 5) is 24.8. The van der Waals surface area contributed by atoms with Crippen molar-refractivity contribution in [2.75, 3.05) is 0 Å². The molecule has 2 rings (SSSR count). The highest BCUT2D eigenvalue weighted by atomic mass is 16.6. The lowest BCUT2D eigenvalue weighted by molar-refractivity contribution is -0.169. The number of esters is 1. The molecule has 0 fully saturated rings. The molecule has 2 N–H and O–H groups in total. The standard InChI is InChI=1S/C20H23NO3/c1-3-20(4-2,19(21)23)24-18(22)17(15-11-7-5-8-12-15)16-13-9-6-10-14-16/h5-14,17H,3-4H2,1-2H3,(H2,21,23). The molecule has 126 valence electrons. The van der Waals surface area contributed by atoms with E-state index in [1.807, 2.05) is 60.7 Å². The molecule has 24 heavy (non-hydrogen) atoms. The van der Waals surface area contributed by atoms with E-state index in [-0.39, 0.29) is 0 Å². The van der Waals surface area contributed by atoms with E-state index in [2.05, 4.69) is 0 Å². The molecular formula is C20H23NO3. The van der Waals surface area contributed by atoms with Crippen LogP contribution in [0.5, 0.6) is 0 Å². The summed E-state index contributed by atoms with van der Waals surface area (Å²) in [5, 5.41) is 0. The first-order valence-electron chi connectivity index (χ1n) is 8.16. The van der Waals surface area contributed by atoms with Crippen molar-refractivity contribution in [1.29, 1.82) is 0 Å². The number of benzene rings is 2. The summed E-state index contributed by atoms with van der Waals surface area (Å²) in [6.45, 7) is 3.59. The van der Waals surface area contributed by atoms with Crippen LogP contribution >= 0.6 is 0 Å². The van der Waals surface area contributed by atoms with Crippen LogP contribution < -0.4 is 5.73 Å². The third-order valence-electron chi connectivity index (χ3n) is 4.39. The molecule has 0 aromatic heterocycles. The molecule has 0 heterocycles. The van der Waals surface area contributed by atoms with Gasteiger partial charge < -0.3 is 10.5 Å². The number of ether oxygens (including phenoxy) is 1. The highest BCUT2D eigenvalue weighted by Gasteiger charge is 2.39. The van der Waals surface area contributed by atoms with Crippen LogP contribution in [0.25, 0.3) is 0 Å². The smallest absolute Gasteiger partial charge is 0.318 e. The van der Waals surface area contributed by atoms with E-state index in [1.165, 1.54) is 0 Å². The molecule has 0 saturated carbocycles. The number of nitrogens with two attached hydrogens (primary N) is 1. The number of hydrogen-bond donors (Lipinski definition) is 1. The lowest BCUT2D eigenvalue weighted by Crippen LogP contribution is -2.47. The van der Waals surface area contributed by atoms with Gasteiger partial charge in [-0.05, 0) is 24.0 Å². The maximum atomic E-state index is 13.0.